The number of likely N-dealkylation sites (N-methyl/N-ethyl adjacent to an activating group) is 1. The van der Waals surface area contributed by atoms with E-state index in [0.29, 0.717) is 11.4 Å². The fraction of sp³-hybridized carbons (Fsp3) is 0.400. The van der Waals surface area contributed by atoms with Gasteiger partial charge in [0.25, 0.3) is 5.91 Å². The Labute approximate surface area is 164 Å². The quantitative estimate of drug-likeness (QED) is 0.691. The predicted molar refractivity (Wildman–Crippen MR) is 109 cm³/mol. The number of anilines is 2. The maximum Gasteiger partial charge on any atom is 0.260 e. The van der Waals surface area contributed by atoms with Gasteiger partial charge in [0.05, 0.1) is 23.1 Å². The minimum atomic E-state index is -0.136. The van der Waals surface area contributed by atoms with Crippen LogP contribution in [0.2, 0.25) is 0 Å². The molecule has 3 aromatic heterocycles. The highest BCUT2D eigenvalue weighted by atomic mass is 16.2. The van der Waals surface area contributed by atoms with Gasteiger partial charge in [-0.2, -0.15) is 0 Å². The third-order valence-corrected chi connectivity index (χ3v) is 5.18. The van der Waals surface area contributed by atoms with Crippen LogP contribution in [0.5, 0.6) is 0 Å². The Balaban J connectivity index is 1.53. The smallest absolute Gasteiger partial charge is 0.260 e. The van der Waals surface area contributed by atoms with E-state index in [-0.39, 0.29) is 5.91 Å². The molecule has 3 aromatic rings. The van der Waals surface area contributed by atoms with Crippen molar-refractivity contribution in [3.05, 3.63) is 47.7 Å². The van der Waals surface area contributed by atoms with Gasteiger partial charge in [-0.15, -0.1) is 0 Å². The third kappa shape index (κ3) is 3.43. The molecule has 0 aliphatic carbocycles. The van der Waals surface area contributed by atoms with Crippen LogP contribution in [0, 0.1) is 13.8 Å². The summed E-state index contributed by atoms with van der Waals surface area (Å²) < 4.78 is 1.91. The lowest BCUT2D eigenvalue weighted by Gasteiger charge is -2.33. The SMILES string of the molecule is Cc1cn2cc(N(C)C(=O)c3ccc(N4CCN(C)CC4)nc3)nc2c(C)n1. The van der Waals surface area contributed by atoms with Gasteiger partial charge in [-0.1, -0.05) is 0 Å². The Morgan fingerprint density at radius 1 is 1.07 bits per heavy atom. The maximum absolute atomic E-state index is 12.9. The highest BCUT2D eigenvalue weighted by Gasteiger charge is 2.19. The van der Waals surface area contributed by atoms with Crippen molar-refractivity contribution in [1.82, 2.24) is 24.3 Å². The standard InChI is InChI=1S/C20H25N7O/c1-14-12-27-13-18(23-19(27)15(2)22-14)25(4)20(28)16-5-6-17(21-11-16)26-9-7-24(3)8-10-26/h5-6,11-13H,7-10H2,1-4H3. The highest BCUT2D eigenvalue weighted by molar-refractivity contribution is 6.05. The summed E-state index contributed by atoms with van der Waals surface area (Å²) in [4.78, 5) is 32.5. The minimum Gasteiger partial charge on any atom is -0.354 e. The van der Waals surface area contributed by atoms with Crippen LogP contribution >= 0.6 is 0 Å². The average molecular weight is 379 g/mol. The first-order valence-electron chi connectivity index (χ1n) is 9.43. The van der Waals surface area contributed by atoms with Crippen molar-refractivity contribution in [3.8, 4) is 0 Å². The summed E-state index contributed by atoms with van der Waals surface area (Å²) in [5.74, 6) is 1.36. The van der Waals surface area contributed by atoms with E-state index in [9.17, 15) is 4.79 Å². The molecule has 0 bridgehead atoms. The molecule has 0 radical (unpaired) electrons. The van der Waals surface area contributed by atoms with E-state index >= 15 is 0 Å². The van der Waals surface area contributed by atoms with Crippen molar-refractivity contribution in [2.24, 2.45) is 0 Å². The number of aryl methyl sites for hydroxylation is 2. The van der Waals surface area contributed by atoms with Gasteiger partial charge in [-0.05, 0) is 33.0 Å². The maximum atomic E-state index is 12.9. The molecule has 4 heterocycles. The Hall–Kier alpha value is -3.00. The van der Waals surface area contributed by atoms with Gasteiger partial charge in [0.1, 0.15) is 5.82 Å². The van der Waals surface area contributed by atoms with Crippen LogP contribution in [0.4, 0.5) is 11.6 Å². The zero-order chi connectivity index (χ0) is 19.8. The summed E-state index contributed by atoms with van der Waals surface area (Å²) >= 11 is 0. The second-order valence-electron chi connectivity index (χ2n) is 7.36. The Bertz CT molecular complexity index is 1000. The zero-order valence-corrected chi connectivity index (χ0v) is 16.8. The fourth-order valence-electron chi connectivity index (χ4n) is 3.49. The first-order valence-corrected chi connectivity index (χ1v) is 9.43. The molecule has 28 heavy (non-hydrogen) atoms. The first kappa shape index (κ1) is 18.4. The Morgan fingerprint density at radius 2 is 1.82 bits per heavy atom. The van der Waals surface area contributed by atoms with Gasteiger partial charge in [0, 0.05) is 45.6 Å². The number of pyridine rings is 1. The number of rotatable bonds is 3. The number of piperazine rings is 1. The van der Waals surface area contributed by atoms with Gasteiger partial charge in [0.2, 0.25) is 0 Å². The molecule has 0 spiro atoms. The minimum absolute atomic E-state index is 0.136. The third-order valence-electron chi connectivity index (χ3n) is 5.18. The molecular formula is C20H25N7O. The molecule has 146 valence electrons. The largest absolute Gasteiger partial charge is 0.354 e. The summed E-state index contributed by atoms with van der Waals surface area (Å²) in [5.41, 5.74) is 3.05. The van der Waals surface area contributed by atoms with Gasteiger partial charge in [-0.3, -0.25) is 14.7 Å². The van der Waals surface area contributed by atoms with Gasteiger partial charge < -0.3 is 14.2 Å². The Kier molecular flexibility index (Phi) is 4.72. The molecule has 0 N–H and O–H groups in total. The van der Waals surface area contributed by atoms with Crippen LogP contribution in [0.15, 0.2) is 30.7 Å². The summed E-state index contributed by atoms with van der Waals surface area (Å²) in [5, 5.41) is 0. The molecule has 1 aliphatic rings. The lowest BCUT2D eigenvalue weighted by molar-refractivity contribution is 0.0992. The normalized spacial score (nSPS) is 15.2. The van der Waals surface area contributed by atoms with Crippen LogP contribution in [0.25, 0.3) is 5.65 Å². The predicted octanol–water partition coefficient (Wildman–Crippen LogP) is 1.77. The van der Waals surface area contributed by atoms with E-state index in [1.54, 1.807) is 18.1 Å². The van der Waals surface area contributed by atoms with Crippen molar-refractivity contribution in [2.75, 3.05) is 50.1 Å². The van der Waals surface area contributed by atoms with Crippen LogP contribution in [-0.4, -0.2) is 70.4 Å². The van der Waals surface area contributed by atoms with E-state index in [1.165, 1.54) is 0 Å². The molecule has 8 heteroatoms. The number of hydrogen-bond acceptors (Lipinski definition) is 6. The van der Waals surface area contributed by atoms with Gasteiger partial charge >= 0.3 is 0 Å². The average Bonchev–Trinajstić information content (AvgIpc) is 3.12. The van der Waals surface area contributed by atoms with Crippen molar-refractivity contribution < 1.29 is 4.79 Å². The lowest BCUT2D eigenvalue weighted by Crippen LogP contribution is -2.44. The number of imidazole rings is 1. The monoisotopic (exact) mass is 379 g/mol. The number of nitrogens with zero attached hydrogens (tertiary/aromatic N) is 7. The van der Waals surface area contributed by atoms with Crippen molar-refractivity contribution >= 4 is 23.2 Å². The van der Waals surface area contributed by atoms with Crippen LogP contribution in [0.3, 0.4) is 0 Å². The summed E-state index contributed by atoms with van der Waals surface area (Å²) in [6.45, 7) is 7.80. The van der Waals surface area contributed by atoms with Gasteiger partial charge in [0.15, 0.2) is 11.5 Å². The molecule has 0 atom stereocenters. The fourth-order valence-corrected chi connectivity index (χ4v) is 3.49. The van der Waals surface area contributed by atoms with Crippen LogP contribution in [-0.2, 0) is 0 Å². The number of fused-ring (bicyclic) bond motifs is 1. The number of carbonyl (C=O) groups excluding carboxylic acids is 1. The second kappa shape index (κ2) is 7.20. The first-order chi connectivity index (χ1) is 13.4. The topological polar surface area (TPSA) is 69.9 Å². The molecule has 1 saturated heterocycles. The van der Waals surface area contributed by atoms with E-state index in [4.69, 9.17) is 0 Å². The van der Waals surface area contributed by atoms with E-state index in [1.807, 2.05) is 42.8 Å². The summed E-state index contributed by atoms with van der Waals surface area (Å²) in [6, 6.07) is 3.76. The van der Waals surface area contributed by atoms with Crippen molar-refractivity contribution in [1.29, 1.82) is 0 Å². The van der Waals surface area contributed by atoms with Crippen LogP contribution in [0.1, 0.15) is 21.7 Å². The zero-order valence-electron chi connectivity index (χ0n) is 16.8. The second-order valence-corrected chi connectivity index (χ2v) is 7.36. The molecule has 0 aromatic carbocycles. The molecule has 1 amide bonds. The summed E-state index contributed by atoms with van der Waals surface area (Å²) in [6.07, 6.45) is 5.41. The number of amides is 1. The number of hydrogen-bond donors (Lipinski definition) is 0. The summed E-state index contributed by atoms with van der Waals surface area (Å²) in [7, 11) is 3.86. The molecule has 0 saturated carbocycles. The van der Waals surface area contributed by atoms with Crippen LogP contribution < -0.4 is 9.80 Å². The molecule has 8 nitrogen and oxygen atoms in total. The van der Waals surface area contributed by atoms with Gasteiger partial charge in [-0.25, -0.2) is 9.97 Å². The van der Waals surface area contributed by atoms with E-state index in [0.717, 1.165) is 49.0 Å². The number of aromatic nitrogens is 4. The lowest BCUT2D eigenvalue weighted by atomic mass is 10.2. The molecule has 1 fully saturated rings. The molecular weight excluding hydrogens is 354 g/mol. The Morgan fingerprint density at radius 3 is 2.50 bits per heavy atom. The van der Waals surface area contributed by atoms with Crippen molar-refractivity contribution in [2.45, 2.75) is 13.8 Å². The van der Waals surface area contributed by atoms with Crippen molar-refractivity contribution in [3.63, 3.8) is 0 Å². The molecule has 1 aliphatic heterocycles. The highest BCUT2D eigenvalue weighted by Crippen LogP contribution is 2.19. The van der Waals surface area contributed by atoms with E-state index in [2.05, 4.69) is 31.8 Å². The molecule has 4 rings (SSSR count). The molecule has 0 unspecified atom stereocenters. The van der Waals surface area contributed by atoms with E-state index < -0.39 is 0 Å². The number of carbonyl (C=O) groups is 1.